The van der Waals surface area contributed by atoms with Crippen LogP contribution in [0.5, 0.6) is 0 Å². The Kier molecular flexibility index (Phi) is 9.01. The molecule has 2 aliphatic rings. The molecule has 12 heteroatoms. The summed E-state index contributed by atoms with van der Waals surface area (Å²) in [6, 6.07) is 1.98. The average Bonchev–Trinajstić information content (AvgIpc) is 3.22. The zero-order chi connectivity index (χ0) is 22.7. The number of halogens is 3. The number of carbonyl (C=O) groups excluding carboxylic acids is 1. The van der Waals surface area contributed by atoms with E-state index in [1.807, 2.05) is 18.9 Å². The Morgan fingerprint density at radius 3 is 2.62 bits per heavy atom. The van der Waals surface area contributed by atoms with Gasteiger partial charge in [0.25, 0.3) is 0 Å². The van der Waals surface area contributed by atoms with Crippen LogP contribution in [0.2, 0.25) is 0 Å². The lowest BCUT2D eigenvalue weighted by molar-refractivity contribution is -0.119. The van der Waals surface area contributed by atoms with Crippen LogP contribution < -0.4 is 21.8 Å². The third-order valence-corrected chi connectivity index (χ3v) is 5.71. The number of nitrogens with zero attached hydrogens (tertiary/aromatic N) is 4. The predicted octanol–water partition coefficient (Wildman–Crippen LogP) is 1.20. The highest BCUT2D eigenvalue weighted by Crippen LogP contribution is 2.30. The number of amides is 1. The van der Waals surface area contributed by atoms with E-state index in [0.29, 0.717) is 43.9 Å². The van der Waals surface area contributed by atoms with Crippen molar-refractivity contribution in [2.24, 2.45) is 27.8 Å². The number of hydrogen-bond donors (Lipinski definition) is 3. The van der Waals surface area contributed by atoms with Crippen molar-refractivity contribution in [1.29, 1.82) is 0 Å². The molecule has 1 amide bonds. The number of likely N-dealkylation sites (N-methyl/N-ethyl adjacent to an activating group) is 1. The zero-order valence-corrected chi connectivity index (χ0v) is 20.7. The van der Waals surface area contributed by atoms with Gasteiger partial charge in [0.05, 0.1) is 5.71 Å². The van der Waals surface area contributed by atoms with Crippen LogP contribution in [-0.4, -0.2) is 67.7 Å². The van der Waals surface area contributed by atoms with Gasteiger partial charge in [0, 0.05) is 51.0 Å². The van der Waals surface area contributed by atoms with Crippen LogP contribution >= 0.6 is 24.0 Å². The summed E-state index contributed by atoms with van der Waals surface area (Å²) in [5.41, 5.74) is 6.52. The summed E-state index contributed by atoms with van der Waals surface area (Å²) < 4.78 is 30.2. The second-order valence-corrected chi connectivity index (χ2v) is 8.11. The van der Waals surface area contributed by atoms with Gasteiger partial charge in [-0.3, -0.25) is 4.79 Å². The first-order valence-corrected chi connectivity index (χ1v) is 10.2. The number of oxime groups is 1. The van der Waals surface area contributed by atoms with E-state index in [2.05, 4.69) is 15.6 Å². The molecule has 0 aliphatic carbocycles. The Morgan fingerprint density at radius 1 is 1.38 bits per heavy atom. The fraction of sp³-hybridized carbons (Fsp3) is 0.550. The van der Waals surface area contributed by atoms with Crippen molar-refractivity contribution in [3.8, 4) is 0 Å². The molecule has 178 valence electrons. The van der Waals surface area contributed by atoms with Gasteiger partial charge in [-0.15, -0.1) is 24.0 Å². The highest BCUT2D eigenvalue weighted by atomic mass is 127. The molecule has 5 N–H and O–H groups in total. The van der Waals surface area contributed by atoms with Gasteiger partial charge >= 0.3 is 0 Å². The Labute approximate surface area is 203 Å². The van der Waals surface area contributed by atoms with Gasteiger partial charge in [0.2, 0.25) is 5.91 Å². The first-order chi connectivity index (χ1) is 14.7. The van der Waals surface area contributed by atoms with Crippen LogP contribution in [0.4, 0.5) is 14.5 Å². The van der Waals surface area contributed by atoms with E-state index in [9.17, 15) is 4.79 Å². The van der Waals surface area contributed by atoms with E-state index < -0.39 is 17.7 Å². The van der Waals surface area contributed by atoms with Gasteiger partial charge < -0.3 is 31.5 Å². The van der Waals surface area contributed by atoms with Crippen LogP contribution in [0.3, 0.4) is 0 Å². The molecule has 1 aromatic carbocycles. The van der Waals surface area contributed by atoms with E-state index in [4.69, 9.17) is 16.4 Å². The number of amidine groups is 1. The standard InChI is InChI=1S/C20H29F2N7O2.HI/c1-11(9-25-12(2)30)18-8-16(27-31-18)13-6-14(21)19(15(22)7-13)29-5-4-28(3)10-17(29)20(23)26-24;/h6-7,11,17-18H,4-5,8-10,24H2,1-3H3,(H2,23,26)(H,25,30);1H. The molecule has 3 rings (SSSR count). The molecule has 0 spiro atoms. The summed E-state index contributed by atoms with van der Waals surface area (Å²) in [6.07, 6.45) is 0.110. The summed E-state index contributed by atoms with van der Waals surface area (Å²) in [5.74, 6) is 3.86. The van der Waals surface area contributed by atoms with Crippen molar-refractivity contribution in [1.82, 2.24) is 10.2 Å². The van der Waals surface area contributed by atoms with E-state index >= 15 is 8.78 Å². The smallest absolute Gasteiger partial charge is 0.216 e. The third-order valence-electron chi connectivity index (χ3n) is 5.71. The fourth-order valence-corrected chi connectivity index (χ4v) is 3.84. The fourth-order valence-electron chi connectivity index (χ4n) is 3.84. The molecule has 1 fully saturated rings. The average molecular weight is 565 g/mol. The van der Waals surface area contributed by atoms with Gasteiger partial charge in [-0.2, -0.15) is 5.10 Å². The van der Waals surface area contributed by atoms with Crippen molar-refractivity contribution in [3.05, 3.63) is 29.3 Å². The Hall–Kier alpha value is -2.22. The Bertz CT molecular complexity index is 876. The number of carbonyl (C=O) groups is 1. The number of piperazine rings is 1. The molecule has 0 radical (unpaired) electrons. The van der Waals surface area contributed by atoms with E-state index in [-0.39, 0.29) is 53.4 Å². The summed E-state index contributed by atoms with van der Waals surface area (Å²) in [5, 5.41) is 10.3. The molecule has 0 saturated carbocycles. The SMILES string of the molecule is CC(=O)NCC(C)C1CC(c2cc(F)c(N3CCN(C)CC3/C(N)=N/N)c(F)c2)=NO1.I. The minimum atomic E-state index is -0.716. The molecule has 2 heterocycles. The maximum atomic E-state index is 15.1. The lowest BCUT2D eigenvalue weighted by Gasteiger charge is -2.41. The van der Waals surface area contributed by atoms with Crippen molar-refractivity contribution >= 4 is 47.1 Å². The summed E-state index contributed by atoms with van der Waals surface area (Å²) in [4.78, 5) is 20.1. The number of benzene rings is 1. The van der Waals surface area contributed by atoms with E-state index in [0.717, 1.165) is 0 Å². The number of nitrogens with one attached hydrogen (secondary N) is 1. The van der Waals surface area contributed by atoms with Crippen molar-refractivity contribution in [2.45, 2.75) is 32.4 Å². The van der Waals surface area contributed by atoms with Crippen LogP contribution in [0.1, 0.15) is 25.8 Å². The second kappa shape index (κ2) is 11.1. The van der Waals surface area contributed by atoms with E-state index in [1.165, 1.54) is 19.1 Å². The minimum absolute atomic E-state index is 0. The lowest BCUT2D eigenvalue weighted by Crippen LogP contribution is -2.58. The highest BCUT2D eigenvalue weighted by Gasteiger charge is 2.33. The third kappa shape index (κ3) is 5.77. The highest BCUT2D eigenvalue weighted by molar-refractivity contribution is 14.0. The van der Waals surface area contributed by atoms with Crippen LogP contribution in [0.15, 0.2) is 22.4 Å². The summed E-state index contributed by atoms with van der Waals surface area (Å²) >= 11 is 0. The lowest BCUT2D eigenvalue weighted by atomic mass is 9.96. The van der Waals surface area contributed by atoms with Gasteiger partial charge in [-0.05, 0) is 19.2 Å². The van der Waals surface area contributed by atoms with Gasteiger partial charge in [-0.1, -0.05) is 12.1 Å². The summed E-state index contributed by atoms with van der Waals surface area (Å²) in [7, 11) is 1.89. The molecular formula is C20H30F2IN7O2. The topological polar surface area (TPSA) is 122 Å². The predicted molar refractivity (Wildman–Crippen MR) is 130 cm³/mol. The molecule has 1 aromatic rings. The Morgan fingerprint density at radius 2 is 2.03 bits per heavy atom. The Balaban J connectivity index is 0.00000363. The molecule has 1 saturated heterocycles. The largest absolute Gasteiger partial charge is 0.391 e. The number of nitrogens with two attached hydrogens (primary N) is 2. The molecule has 0 aromatic heterocycles. The van der Waals surface area contributed by atoms with Gasteiger partial charge in [0.15, 0.2) is 0 Å². The summed E-state index contributed by atoms with van der Waals surface area (Å²) in [6.45, 7) is 5.22. The monoisotopic (exact) mass is 565 g/mol. The van der Waals surface area contributed by atoms with Crippen molar-refractivity contribution in [2.75, 3.05) is 38.1 Å². The molecular weight excluding hydrogens is 535 g/mol. The minimum Gasteiger partial charge on any atom is -0.391 e. The van der Waals surface area contributed by atoms with Crippen molar-refractivity contribution in [3.63, 3.8) is 0 Å². The maximum absolute atomic E-state index is 15.1. The second-order valence-electron chi connectivity index (χ2n) is 8.11. The molecule has 9 nitrogen and oxygen atoms in total. The zero-order valence-electron chi connectivity index (χ0n) is 18.3. The first kappa shape index (κ1) is 26.0. The molecule has 3 atom stereocenters. The van der Waals surface area contributed by atoms with Crippen LogP contribution in [-0.2, 0) is 9.63 Å². The number of rotatable bonds is 6. The number of hydrazone groups is 1. The van der Waals surface area contributed by atoms with Crippen molar-refractivity contribution < 1.29 is 18.4 Å². The van der Waals surface area contributed by atoms with Crippen LogP contribution in [0, 0.1) is 17.6 Å². The van der Waals surface area contributed by atoms with Crippen LogP contribution in [0.25, 0.3) is 0 Å². The van der Waals surface area contributed by atoms with Gasteiger partial charge in [0.1, 0.15) is 35.3 Å². The quantitative estimate of drug-likeness (QED) is 0.157. The number of hydrogen-bond acceptors (Lipinski definition) is 7. The normalized spacial score (nSPS) is 22.6. The number of anilines is 1. The van der Waals surface area contributed by atoms with Gasteiger partial charge in [-0.25, -0.2) is 8.78 Å². The molecule has 0 bridgehead atoms. The molecule has 3 unspecified atom stereocenters. The van der Waals surface area contributed by atoms with E-state index in [1.54, 1.807) is 4.90 Å². The maximum Gasteiger partial charge on any atom is 0.216 e. The molecule has 2 aliphatic heterocycles. The first-order valence-electron chi connectivity index (χ1n) is 10.2. The molecule has 32 heavy (non-hydrogen) atoms.